The first-order valence-electron chi connectivity index (χ1n) is 7.58. The molecular weight excluding hydrogens is 234 g/mol. The van der Waals surface area contributed by atoms with Gasteiger partial charge >= 0.3 is 0 Å². The Balaban J connectivity index is 1.88. The molecule has 2 heteroatoms. The summed E-state index contributed by atoms with van der Waals surface area (Å²) in [6.07, 6.45) is 5.02. The highest BCUT2D eigenvalue weighted by molar-refractivity contribution is 5.31. The van der Waals surface area contributed by atoms with Gasteiger partial charge in [0.15, 0.2) is 0 Å². The topological polar surface area (TPSA) is 21.3 Å². The molecule has 1 saturated heterocycles. The van der Waals surface area contributed by atoms with Crippen molar-refractivity contribution in [3.63, 3.8) is 0 Å². The normalized spacial score (nSPS) is 20.3. The second-order valence-corrected chi connectivity index (χ2v) is 6.22. The van der Waals surface area contributed by atoms with E-state index in [1.54, 1.807) is 0 Å². The van der Waals surface area contributed by atoms with Crippen molar-refractivity contribution >= 4 is 0 Å². The molecule has 1 aliphatic heterocycles. The maximum Gasteiger partial charge on any atom is 0.119 e. The van der Waals surface area contributed by atoms with Gasteiger partial charge in [-0.1, -0.05) is 39.3 Å². The van der Waals surface area contributed by atoms with Gasteiger partial charge in [0.25, 0.3) is 0 Å². The van der Waals surface area contributed by atoms with Gasteiger partial charge in [-0.25, -0.2) is 0 Å². The Morgan fingerprint density at radius 1 is 1.21 bits per heavy atom. The van der Waals surface area contributed by atoms with Crippen molar-refractivity contribution in [2.24, 2.45) is 0 Å². The number of hydrogen-bond acceptors (Lipinski definition) is 2. The van der Waals surface area contributed by atoms with E-state index in [-0.39, 0.29) is 5.41 Å². The lowest BCUT2D eigenvalue weighted by atomic mass is 9.82. The van der Waals surface area contributed by atoms with Crippen LogP contribution in [0.4, 0.5) is 0 Å². The highest BCUT2D eigenvalue weighted by Crippen LogP contribution is 2.28. The lowest BCUT2D eigenvalue weighted by Gasteiger charge is -2.25. The van der Waals surface area contributed by atoms with Crippen molar-refractivity contribution < 1.29 is 4.74 Å². The van der Waals surface area contributed by atoms with E-state index in [2.05, 4.69) is 50.4 Å². The summed E-state index contributed by atoms with van der Waals surface area (Å²) in [5.41, 5.74) is 1.64. The minimum absolute atomic E-state index is 0.253. The SMILES string of the molecule is CCC(C)(C)c1ccc(OCC2CCCCN2)cc1. The molecule has 1 heterocycles. The van der Waals surface area contributed by atoms with E-state index in [1.807, 2.05) is 0 Å². The largest absolute Gasteiger partial charge is 0.492 e. The van der Waals surface area contributed by atoms with Gasteiger partial charge in [0.2, 0.25) is 0 Å². The minimum atomic E-state index is 0.253. The molecule has 19 heavy (non-hydrogen) atoms. The molecule has 0 saturated carbocycles. The van der Waals surface area contributed by atoms with E-state index in [9.17, 15) is 0 Å². The Morgan fingerprint density at radius 3 is 2.53 bits per heavy atom. The first-order chi connectivity index (χ1) is 9.12. The molecule has 0 spiro atoms. The molecule has 0 amide bonds. The predicted molar refractivity (Wildman–Crippen MR) is 80.9 cm³/mol. The average molecular weight is 261 g/mol. The fraction of sp³-hybridized carbons (Fsp3) is 0.647. The molecule has 0 aromatic heterocycles. The maximum absolute atomic E-state index is 5.88. The summed E-state index contributed by atoms with van der Waals surface area (Å²) in [6, 6.07) is 9.14. The van der Waals surface area contributed by atoms with E-state index >= 15 is 0 Å². The summed E-state index contributed by atoms with van der Waals surface area (Å²) in [6.45, 7) is 8.73. The van der Waals surface area contributed by atoms with Crippen molar-refractivity contribution in [2.75, 3.05) is 13.2 Å². The van der Waals surface area contributed by atoms with Gasteiger partial charge in [0, 0.05) is 6.04 Å². The highest BCUT2D eigenvalue weighted by Gasteiger charge is 2.18. The van der Waals surface area contributed by atoms with Crippen LogP contribution in [0, 0.1) is 0 Å². The van der Waals surface area contributed by atoms with Crippen LogP contribution >= 0.6 is 0 Å². The molecule has 0 aliphatic carbocycles. The zero-order valence-corrected chi connectivity index (χ0v) is 12.5. The third kappa shape index (κ3) is 3.97. The zero-order chi connectivity index (χ0) is 13.7. The number of piperidine rings is 1. The van der Waals surface area contributed by atoms with Crippen LogP contribution in [-0.4, -0.2) is 19.2 Å². The summed E-state index contributed by atoms with van der Waals surface area (Å²) in [7, 11) is 0. The summed E-state index contributed by atoms with van der Waals surface area (Å²) in [4.78, 5) is 0. The molecule has 1 atom stereocenters. The van der Waals surface area contributed by atoms with Crippen LogP contribution in [0.3, 0.4) is 0 Å². The van der Waals surface area contributed by atoms with Crippen molar-refractivity contribution in [1.29, 1.82) is 0 Å². The monoisotopic (exact) mass is 261 g/mol. The molecule has 1 aromatic rings. The fourth-order valence-electron chi connectivity index (χ4n) is 2.47. The summed E-state index contributed by atoms with van der Waals surface area (Å²) in [5, 5.41) is 3.51. The second-order valence-electron chi connectivity index (χ2n) is 6.22. The number of rotatable bonds is 5. The van der Waals surface area contributed by atoms with Crippen LogP contribution in [0.15, 0.2) is 24.3 Å². The molecular formula is C17H27NO. The van der Waals surface area contributed by atoms with E-state index in [0.29, 0.717) is 6.04 Å². The first-order valence-corrected chi connectivity index (χ1v) is 7.58. The van der Waals surface area contributed by atoms with Crippen molar-refractivity contribution in [2.45, 2.75) is 57.9 Å². The third-order valence-corrected chi connectivity index (χ3v) is 4.38. The Bertz CT molecular complexity index is 377. The highest BCUT2D eigenvalue weighted by atomic mass is 16.5. The van der Waals surface area contributed by atoms with Gasteiger partial charge in [-0.2, -0.15) is 0 Å². The fourth-order valence-corrected chi connectivity index (χ4v) is 2.47. The zero-order valence-electron chi connectivity index (χ0n) is 12.5. The summed E-state index contributed by atoms with van der Waals surface area (Å²) >= 11 is 0. The summed E-state index contributed by atoms with van der Waals surface area (Å²) in [5.74, 6) is 0.989. The van der Waals surface area contributed by atoms with E-state index < -0.39 is 0 Å². The smallest absolute Gasteiger partial charge is 0.119 e. The van der Waals surface area contributed by atoms with Crippen molar-refractivity contribution in [3.8, 4) is 5.75 Å². The molecule has 1 N–H and O–H groups in total. The van der Waals surface area contributed by atoms with Crippen LogP contribution in [-0.2, 0) is 5.41 Å². The Kier molecular flexibility index (Phi) is 4.87. The lowest BCUT2D eigenvalue weighted by molar-refractivity contribution is 0.239. The van der Waals surface area contributed by atoms with Crippen LogP contribution in [0.5, 0.6) is 5.75 Å². The molecule has 1 aliphatic rings. The standard InChI is InChI=1S/C17H27NO/c1-4-17(2,3)14-8-10-16(11-9-14)19-13-15-7-5-6-12-18-15/h8-11,15,18H,4-7,12-13H2,1-3H3. The van der Waals surface area contributed by atoms with E-state index in [1.165, 1.54) is 24.8 Å². The maximum atomic E-state index is 5.88. The molecule has 2 nitrogen and oxygen atoms in total. The number of benzene rings is 1. The molecule has 106 valence electrons. The molecule has 1 aromatic carbocycles. The van der Waals surface area contributed by atoms with Crippen molar-refractivity contribution in [1.82, 2.24) is 5.32 Å². The molecule has 1 fully saturated rings. The average Bonchev–Trinajstić information content (AvgIpc) is 2.47. The molecule has 2 rings (SSSR count). The number of ether oxygens (including phenoxy) is 1. The quantitative estimate of drug-likeness (QED) is 0.868. The minimum Gasteiger partial charge on any atom is -0.492 e. The Labute approximate surface area is 117 Å². The van der Waals surface area contributed by atoms with Gasteiger partial charge in [0.05, 0.1) is 0 Å². The second kappa shape index (κ2) is 6.42. The van der Waals surface area contributed by atoms with Crippen molar-refractivity contribution in [3.05, 3.63) is 29.8 Å². The van der Waals surface area contributed by atoms with Gasteiger partial charge in [0.1, 0.15) is 12.4 Å². The Morgan fingerprint density at radius 2 is 1.95 bits per heavy atom. The van der Waals surface area contributed by atoms with E-state index in [0.717, 1.165) is 25.3 Å². The van der Waals surface area contributed by atoms with Gasteiger partial charge in [-0.05, 0) is 48.9 Å². The lowest BCUT2D eigenvalue weighted by Crippen LogP contribution is -2.38. The first kappa shape index (κ1) is 14.4. The van der Waals surface area contributed by atoms with Crippen LogP contribution in [0.1, 0.15) is 52.0 Å². The number of nitrogens with one attached hydrogen (secondary N) is 1. The molecule has 0 bridgehead atoms. The predicted octanol–water partition coefficient (Wildman–Crippen LogP) is 3.90. The van der Waals surface area contributed by atoms with Gasteiger partial charge in [-0.15, -0.1) is 0 Å². The van der Waals surface area contributed by atoms with Crippen LogP contribution in [0.2, 0.25) is 0 Å². The van der Waals surface area contributed by atoms with Crippen LogP contribution < -0.4 is 10.1 Å². The molecule has 0 radical (unpaired) electrons. The van der Waals surface area contributed by atoms with Gasteiger partial charge in [-0.3, -0.25) is 0 Å². The van der Waals surface area contributed by atoms with Crippen LogP contribution in [0.25, 0.3) is 0 Å². The molecule has 1 unspecified atom stereocenters. The van der Waals surface area contributed by atoms with Gasteiger partial charge < -0.3 is 10.1 Å². The van der Waals surface area contributed by atoms with E-state index in [4.69, 9.17) is 4.74 Å². The third-order valence-electron chi connectivity index (χ3n) is 4.38. The summed E-state index contributed by atoms with van der Waals surface area (Å²) < 4.78 is 5.88. The number of hydrogen-bond donors (Lipinski definition) is 1. The Hall–Kier alpha value is -1.02.